The summed E-state index contributed by atoms with van der Waals surface area (Å²) in [4.78, 5) is 26.5. The van der Waals surface area contributed by atoms with Crippen molar-refractivity contribution in [3.05, 3.63) is 62.4 Å². The summed E-state index contributed by atoms with van der Waals surface area (Å²) < 4.78 is 0. The van der Waals surface area contributed by atoms with E-state index in [-0.39, 0.29) is 11.6 Å². The zero-order valence-electron chi connectivity index (χ0n) is 11.4. The number of aryl methyl sites for hydroxylation is 2. The first-order valence-electron chi connectivity index (χ1n) is 6.08. The van der Waals surface area contributed by atoms with Crippen molar-refractivity contribution in [3.63, 3.8) is 0 Å². The fraction of sp³-hybridized carbons (Fsp3) is 0.143. The fourth-order valence-electron chi connectivity index (χ4n) is 1.86. The van der Waals surface area contributed by atoms with Gasteiger partial charge in [-0.05, 0) is 38.1 Å². The molecule has 21 heavy (non-hydrogen) atoms. The van der Waals surface area contributed by atoms with Crippen molar-refractivity contribution in [2.75, 3.05) is 5.32 Å². The second kappa shape index (κ2) is 5.88. The second-order valence-electron chi connectivity index (χ2n) is 4.48. The van der Waals surface area contributed by atoms with E-state index in [2.05, 4.69) is 10.3 Å². The number of halogens is 1. The van der Waals surface area contributed by atoms with Crippen LogP contribution in [0.2, 0.25) is 5.15 Å². The third kappa shape index (κ3) is 3.35. The molecule has 0 bridgehead atoms. The lowest BCUT2D eigenvalue weighted by atomic mass is 10.1. The number of carbonyl (C=O) groups excluding carboxylic acids is 1. The average Bonchev–Trinajstić information content (AvgIpc) is 2.41. The van der Waals surface area contributed by atoms with Gasteiger partial charge in [0.05, 0.1) is 16.3 Å². The highest BCUT2D eigenvalue weighted by molar-refractivity contribution is 6.29. The van der Waals surface area contributed by atoms with Crippen LogP contribution in [0.1, 0.15) is 21.6 Å². The van der Waals surface area contributed by atoms with Crippen LogP contribution in [-0.4, -0.2) is 15.8 Å². The highest BCUT2D eigenvalue weighted by atomic mass is 35.5. The van der Waals surface area contributed by atoms with E-state index in [0.29, 0.717) is 27.7 Å². The summed E-state index contributed by atoms with van der Waals surface area (Å²) in [5, 5.41) is 13.8. The predicted octanol–water partition coefficient (Wildman–Crippen LogP) is 3.51. The van der Waals surface area contributed by atoms with Gasteiger partial charge in [-0.1, -0.05) is 11.6 Å². The minimum Gasteiger partial charge on any atom is -0.320 e. The van der Waals surface area contributed by atoms with Crippen molar-refractivity contribution in [2.45, 2.75) is 13.8 Å². The van der Waals surface area contributed by atoms with Crippen LogP contribution >= 0.6 is 11.6 Å². The number of pyridine rings is 1. The first-order chi connectivity index (χ1) is 9.88. The van der Waals surface area contributed by atoms with E-state index in [1.54, 1.807) is 26.0 Å². The molecule has 0 aliphatic rings. The Labute approximate surface area is 125 Å². The zero-order chi connectivity index (χ0) is 15.6. The van der Waals surface area contributed by atoms with Crippen LogP contribution in [-0.2, 0) is 0 Å². The standard InChI is InChI=1S/C14H12ClN3O3/c1-8-7-10(3-5-12(8)18(20)21)14(19)17-11-4-6-13(15)16-9(11)2/h3-7H,1-2H3,(H,17,19). The molecule has 1 aromatic carbocycles. The maximum atomic E-state index is 12.1. The molecule has 2 rings (SSSR count). The van der Waals surface area contributed by atoms with Crippen LogP contribution < -0.4 is 5.32 Å². The van der Waals surface area contributed by atoms with Gasteiger partial charge in [0.2, 0.25) is 0 Å². The Morgan fingerprint density at radius 1 is 1.29 bits per heavy atom. The van der Waals surface area contributed by atoms with Crippen LogP contribution in [0.3, 0.4) is 0 Å². The summed E-state index contributed by atoms with van der Waals surface area (Å²) in [6, 6.07) is 7.44. The topological polar surface area (TPSA) is 85.1 Å². The number of nitro groups is 1. The number of nitrogens with one attached hydrogen (secondary N) is 1. The second-order valence-corrected chi connectivity index (χ2v) is 4.87. The maximum Gasteiger partial charge on any atom is 0.272 e. The molecule has 0 unspecified atom stereocenters. The van der Waals surface area contributed by atoms with Crippen LogP contribution in [0.5, 0.6) is 0 Å². The number of hydrogen-bond acceptors (Lipinski definition) is 4. The van der Waals surface area contributed by atoms with Crippen molar-refractivity contribution in [1.29, 1.82) is 0 Å². The molecule has 1 N–H and O–H groups in total. The zero-order valence-corrected chi connectivity index (χ0v) is 12.1. The lowest BCUT2D eigenvalue weighted by molar-refractivity contribution is -0.385. The Kier molecular flexibility index (Phi) is 4.18. The molecular formula is C14H12ClN3O3. The molecule has 1 amide bonds. The third-order valence-corrected chi connectivity index (χ3v) is 3.17. The lowest BCUT2D eigenvalue weighted by Crippen LogP contribution is -2.13. The maximum absolute atomic E-state index is 12.1. The Bertz CT molecular complexity index is 731. The Morgan fingerprint density at radius 3 is 2.57 bits per heavy atom. The van der Waals surface area contributed by atoms with Crippen molar-refractivity contribution in [3.8, 4) is 0 Å². The molecule has 0 aliphatic carbocycles. The normalized spacial score (nSPS) is 10.2. The summed E-state index contributed by atoms with van der Waals surface area (Å²) in [6.45, 7) is 3.31. The van der Waals surface area contributed by atoms with Gasteiger partial charge in [0, 0.05) is 17.2 Å². The van der Waals surface area contributed by atoms with Gasteiger partial charge in [-0.3, -0.25) is 14.9 Å². The Morgan fingerprint density at radius 2 is 2.00 bits per heavy atom. The molecule has 1 aromatic heterocycles. The van der Waals surface area contributed by atoms with Gasteiger partial charge in [-0.2, -0.15) is 0 Å². The highest BCUT2D eigenvalue weighted by Crippen LogP contribution is 2.21. The molecule has 0 atom stereocenters. The lowest BCUT2D eigenvalue weighted by Gasteiger charge is -2.08. The van der Waals surface area contributed by atoms with Gasteiger partial charge in [0.15, 0.2) is 0 Å². The van der Waals surface area contributed by atoms with Crippen LogP contribution in [0.25, 0.3) is 0 Å². The molecular weight excluding hydrogens is 294 g/mol. The number of benzene rings is 1. The summed E-state index contributed by atoms with van der Waals surface area (Å²) >= 11 is 5.75. The molecule has 0 spiro atoms. The molecule has 7 heteroatoms. The fourth-order valence-corrected chi connectivity index (χ4v) is 2.05. The number of anilines is 1. The molecule has 2 aromatic rings. The van der Waals surface area contributed by atoms with Crippen molar-refractivity contribution in [1.82, 2.24) is 4.98 Å². The molecule has 0 radical (unpaired) electrons. The Hall–Kier alpha value is -2.47. The van der Waals surface area contributed by atoms with E-state index in [0.717, 1.165) is 0 Å². The number of rotatable bonds is 3. The van der Waals surface area contributed by atoms with E-state index in [9.17, 15) is 14.9 Å². The van der Waals surface area contributed by atoms with Gasteiger partial charge >= 0.3 is 0 Å². The average molecular weight is 306 g/mol. The van der Waals surface area contributed by atoms with Crippen LogP contribution in [0, 0.1) is 24.0 Å². The smallest absolute Gasteiger partial charge is 0.272 e. The van der Waals surface area contributed by atoms with Gasteiger partial charge < -0.3 is 5.32 Å². The summed E-state index contributed by atoms with van der Waals surface area (Å²) in [5.41, 5.74) is 1.89. The van der Waals surface area contributed by atoms with E-state index in [1.807, 2.05) is 0 Å². The first kappa shape index (κ1) is 14.9. The number of nitrogens with zero attached hydrogens (tertiary/aromatic N) is 2. The van der Waals surface area contributed by atoms with Gasteiger partial charge in [0.25, 0.3) is 11.6 Å². The minimum absolute atomic E-state index is 0.0177. The largest absolute Gasteiger partial charge is 0.320 e. The van der Waals surface area contributed by atoms with E-state index in [4.69, 9.17) is 11.6 Å². The molecule has 0 fully saturated rings. The van der Waals surface area contributed by atoms with Crippen molar-refractivity contribution >= 4 is 28.9 Å². The van der Waals surface area contributed by atoms with E-state index >= 15 is 0 Å². The minimum atomic E-state index is -0.482. The van der Waals surface area contributed by atoms with Crippen LogP contribution in [0.15, 0.2) is 30.3 Å². The SMILES string of the molecule is Cc1cc(C(=O)Nc2ccc(Cl)nc2C)ccc1[N+](=O)[O-]. The monoisotopic (exact) mass is 305 g/mol. The van der Waals surface area contributed by atoms with Crippen molar-refractivity contribution in [2.24, 2.45) is 0 Å². The number of aromatic nitrogens is 1. The van der Waals surface area contributed by atoms with Gasteiger partial charge in [-0.15, -0.1) is 0 Å². The molecule has 0 saturated carbocycles. The number of amides is 1. The molecule has 108 valence electrons. The first-order valence-corrected chi connectivity index (χ1v) is 6.46. The molecule has 0 saturated heterocycles. The molecule has 6 nitrogen and oxygen atoms in total. The molecule has 1 heterocycles. The third-order valence-electron chi connectivity index (χ3n) is 2.96. The molecule has 0 aliphatic heterocycles. The van der Waals surface area contributed by atoms with E-state index < -0.39 is 4.92 Å². The predicted molar refractivity (Wildman–Crippen MR) is 79.8 cm³/mol. The summed E-state index contributed by atoms with van der Waals surface area (Å²) in [5.74, 6) is -0.361. The van der Waals surface area contributed by atoms with Crippen molar-refractivity contribution < 1.29 is 9.72 Å². The summed E-state index contributed by atoms with van der Waals surface area (Å²) in [7, 11) is 0. The van der Waals surface area contributed by atoms with Crippen LogP contribution in [0.4, 0.5) is 11.4 Å². The number of nitro benzene ring substituents is 1. The highest BCUT2D eigenvalue weighted by Gasteiger charge is 2.14. The van der Waals surface area contributed by atoms with Gasteiger partial charge in [-0.25, -0.2) is 4.98 Å². The summed E-state index contributed by atoms with van der Waals surface area (Å²) in [6.07, 6.45) is 0. The quantitative estimate of drug-likeness (QED) is 0.534. The number of carbonyl (C=O) groups is 1. The van der Waals surface area contributed by atoms with E-state index in [1.165, 1.54) is 18.2 Å². The number of hydrogen-bond donors (Lipinski definition) is 1. The van der Waals surface area contributed by atoms with Gasteiger partial charge in [0.1, 0.15) is 5.15 Å². The Balaban J connectivity index is 2.24.